The topological polar surface area (TPSA) is 42.0 Å². The highest BCUT2D eigenvalue weighted by Gasteiger charge is 2.13. The number of amides is 1. The molecule has 1 aliphatic carbocycles. The second kappa shape index (κ2) is 7.93. The van der Waals surface area contributed by atoms with Gasteiger partial charge < -0.3 is 5.32 Å². The molecule has 0 radical (unpaired) electrons. The molecular weight excluding hydrogens is 236 g/mol. The highest BCUT2D eigenvalue weighted by Crippen LogP contribution is 2.27. The van der Waals surface area contributed by atoms with Gasteiger partial charge in [0, 0.05) is 25.4 Å². The Morgan fingerprint density at radius 2 is 2.16 bits per heavy atom. The van der Waals surface area contributed by atoms with Crippen LogP contribution in [0, 0.1) is 5.92 Å². The smallest absolute Gasteiger partial charge is 0.220 e. The summed E-state index contributed by atoms with van der Waals surface area (Å²) in [6.45, 7) is 0.593. The van der Waals surface area contributed by atoms with E-state index in [9.17, 15) is 4.79 Å². The summed E-state index contributed by atoms with van der Waals surface area (Å²) >= 11 is 0. The van der Waals surface area contributed by atoms with Crippen molar-refractivity contribution in [1.29, 1.82) is 0 Å². The number of nitrogens with zero attached hydrogens (tertiary/aromatic N) is 1. The first-order valence-electron chi connectivity index (χ1n) is 7.50. The van der Waals surface area contributed by atoms with Crippen molar-refractivity contribution in [2.45, 2.75) is 57.9 Å². The number of pyridine rings is 1. The molecule has 1 aromatic heterocycles. The molecule has 0 unspecified atom stereocenters. The van der Waals surface area contributed by atoms with Crippen LogP contribution >= 0.6 is 0 Å². The van der Waals surface area contributed by atoms with Crippen LogP contribution in [0.1, 0.15) is 56.9 Å². The van der Waals surface area contributed by atoms with Crippen LogP contribution in [0.3, 0.4) is 0 Å². The lowest BCUT2D eigenvalue weighted by Crippen LogP contribution is -2.22. The number of rotatable bonds is 6. The molecule has 1 saturated carbocycles. The second-order valence-corrected chi connectivity index (χ2v) is 5.53. The van der Waals surface area contributed by atoms with Crippen LogP contribution in [0.25, 0.3) is 0 Å². The fourth-order valence-corrected chi connectivity index (χ4v) is 2.82. The molecule has 0 atom stereocenters. The lowest BCUT2D eigenvalue weighted by atomic mass is 9.86. The number of hydrogen-bond donors (Lipinski definition) is 1. The molecular formula is C16H24N2O. The number of nitrogens with one attached hydrogen (secondary N) is 1. The summed E-state index contributed by atoms with van der Waals surface area (Å²) in [6, 6.07) is 3.87. The first kappa shape index (κ1) is 14.0. The Hall–Kier alpha value is -1.38. The maximum absolute atomic E-state index is 11.7. The van der Waals surface area contributed by atoms with Gasteiger partial charge in [-0.3, -0.25) is 9.78 Å². The van der Waals surface area contributed by atoms with Gasteiger partial charge in [0.25, 0.3) is 0 Å². The third kappa shape index (κ3) is 5.41. The molecule has 1 aliphatic rings. The molecule has 1 amide bonds. The van der Waals surface area contributed by atoms with Gasteiger partial charge in [0.15, 0.2) is 0 Å². The van der Waals surface area contributed by atoms with E-state index >= 15 is 0 Å². The monoisotopic (exact) mass is 260 g/mol. The fourth-order valence-electron chi connectivity index (χ4n) is 2.82. The Balaban J connectivity index is 1.57. The molecule has 1 fully saturated rings. The van der Waals surface area contributed by atoms with E-state index in [4.69, 9.17) is 0 Å². The van der Waals surface area contributed by atoms with Crippen molar-refractivity contribution < 1.29 is 4.79 Å². The van der Waals surface area contributed by atoms with E-state index in [0.717, 1.165) is 17.9 Å². The van der Waals surface area contributed by atoms with Crippen molar-refractivity contribution in [1.82, 2.24) is 10.3 Å². The maximum atomic E-state index is 11.7. The molecule has 19 heavy (non-hydrogen) atoms. The van der Waals surface area contributed by atoms with E-state index in [2.05, 4.69) is 10.3 Å². The van der Waals surface area contributed by atoms with E-state index in [-0.39, 0.29) is 5.91 Å². The summed E-state index contributed by atoms with van der Waals surface area (Å²) in [4.78, 5) is 15.8. The van der Waals surface area contributed by atoms with Crippen LogP contribution in [0.4, 0.5) is 0 Å². The van der Waals surface area contributed by atoms with Gasteiger partial charge in [-0.2, -0.15) is 0 Å². The fraction of sp³-hybridized carbons (Fsp3) is 0.625. The van der Waals surface area contributed by atoms with Crippen molar-refractivity contribution in [2.24, 2.45) is 5.92 Å². The standard InChI is InChI=1S/C16H24N2O/c19-16(18-13-15-9-5-11-17-12-15)10-4-8-14-6-2-1-3-7-14/h5,9,11-12,14H,1-4,6-8,10,13H2,(H,18,19). The number of aromatic nitrogens is 1. The minimum atomic E-state index is 0.166. The second-order valence-electron chi connectivity index (χ2n) is 5.53. The molecule has 1 heterocycles. The Bertz CT molecular complexity index is 372. The summed E-state index contributed by atoms with van der Waals surface area (Å²) in [5, 5.41) is 2.96. The number of hydrogen-bond acceptors (Lipinski definition) is 2. The maximum Gasteiger partial charge on any atom is 0.220 e. The molecule has 3 heteroatoms. The van der Waals surface area contributed by atoms with Gasteiger partial charge in [-0.15, -0.1) is 0 Å². The third-order valence-corrected chi connectivity index (χ3v) is 3.95. The van der Waals surface area contributed by atoms with Crippen LogP contribution in [-0.4, -0.2) is 10.9 Å². The first-order valence-corrected chi connectivity index (χ1v) is 7.50. The van der Waals surface area contributed by atoms with Gasteiger partial charge in [0.05, 0.1) is 0 Å². The molecule has 0 spiro atoms. The van der Waals surface area contributed by atoms with E-state index in [1.54, 1.807) is 12.4 Å². The summed E-state index contributed by atoms with van der Waals surface area (Å²) in [5.41, 5.74) is 1.06. The molecule has 0 saturated heterocycles. The summed E-state index contributed by atoms with van der Waals surface area (Å²) in [6.07, 6.45) is 13.4. The average Bonchev–Trinajstić information content (AvgIpc) is 2.47. The molecule has 0 aliphatic heterocycles. The zero-order chi connectivity index (χ0) is 13.3. The minimum Gasteiger partial charge on any atom is -0.352 e. The molecule has 0 bridgehead atoms. The summed E-state index contributed by atoms with van der Waals surface area (Å²) < 4.78 is 0. The Morgan fingerprint density at radius 3 is 2.89 bits per heavy atom. The van der Waals surface area contributed by atoms with Crippen molar-refractivity contribution in [3.63, 3.8) is 0 Å². The molecule has 1 N–H and O–H groups in total. The van der Waals surface area contributed by atoms with Crippen LogP contribution in [0.5, 0.6) is 0 Å². The lowest BCUT2D eigenvalue weighted by molar-refractivity contribution is -0.121. The quantitative estimate of drug-likeness (QED) is 0.851. The van der Waals surface area contributed by atoms with Crippen LogP contribution < -0.4 is 5.32 Å². The SMILES string of the molecule is O=C(CCCC1CCCCC1)NCc1cccnc1. The van der Waals surface area contributed by atoms with E-state index in [1.165, 1.54) is 38.5 Å². The van der Waals surface area contributed by atoms with Gasteiger partial charge in [-0.05, 0) is 30.4 Å². The van der Waals surface area contributed by atoms with Crippen molar-refractivity contribution in [2.75, 3.05) is 0 Å². The van der Waals surface area contributed by atoms with E-state index in [0.29, 0.717) is 13.0 Å². The molecule has 1 aromatic rings. The predicted octanol–water partition coefficient (Wildman–Crippen LogP) is 3.45. The normalized spacial score (nSPS) is 16.2. The van der Waals surface area contributed by atoms with Crippen LogP contribution in [0.15, 0.2) is 24.5 Å². The van der Waals surface area contributed by atoms with Gasteiger partial charge in [-0.1, -0.05) is 38.2 Å². The van der Waals surface area contributed by atoms with E-state index < -0.39 is 0 Å². The first-order chi connectivity index (χ1) is 9.34. The zero-order valence-electron chi connectivity index (χ0n) is 11.6. The minimum absolute atomic E-state index is 0.166. The molecule has 104 valence electrons. The van der Waals surface area contributed by atoms with E-state index in [1.807, 2.05) is 12.1 Å². The number of carbonyl (C=O) groups excluding carboxylic acids is 1. The number of carbonyl (C=O) groups is 1. The average molecular weight is 260 g/mol. The Labute approximate surface area is 115 Å². The van der Waals surface area contributed by atoms with Crippen molar-refractivity contribution in [3.8, 4) is 0 Å². The van der Waals surface area contributed by atoms with Gasteiger partial charge in [0.1, 0.15) is 0 Å². The van der Waals surface area contributed by atoms with Crippen LogP contribution in [-0.2, 0) is 11.3 Å². The zero-order valence-corrected chi connectivity index (χ0v) is 11.6. The summed E-state index contributed by atoms with van der Waals surface area (Å²) in [5.74, 6) is 1.04. The predicted molar refractivity (Wildman–Crippen MR) is 76.5 cm³/mol. The highest BCUT2D eigenvalue weighted by atomic mass is 16.1. The van der Waals surface area contributed by atoms with Gasteiger partial charge in [0.2, 0.25) is 5.91 Å². The third-order valence-electron chi connectivity index (χ3n) is 3.95. The summed E-state index contributed by atoms with van der Waals surface area (Å²) in [7, 11) is 0. The molecule has 2 rings (SSSR count). The van der Waals surface area contributed by atoms with Gasteiger partial charge in [-0.25, -0.2) is 0 Å². The highest BCUT2D eigenvalue weighted by molar-refractivity contribution is 5.75. The Morgan fingerprint density at radius 1 is 1.32 bits per heavy atom. The lowest BCUT2D eigenvalue weighted by Gasteiger charge is -2.21. The molecule has 0 aromatic carbocycles. The van der Waals surface area contributed by atoms with Gasteiger partial charge >= 0.3 is 0 Å². The molecule has 3 nitrogen and oxygen atoms in total. The Kier molecular flexibility index (Phi) is 5.86. The van der Waals surface area contributed by atoms with Crippen LogP contribution in [0.2, 0.25) is 0 Å². The van der Waals surface area contributed by atoms with Crippen molar-refractivity contribution >= 4 is 5.91 Å². The van der Waals surface area contributed by atoms with Crippen molar-refractivity contribution in [3.05, 3.63) is 30.1 Å². The largest absolute Gasteiger partial charge is 0.352 e.